The van der Waals surface area contributed by atoms with Crippen molar-refractivity contribution in [1.82, 2.24) is 0 Å². The average molecular weight is 306 g/mol. The average Bonchev–Trinajstić information content (AvgIpc) is 2.52. The highest BCUT2D eigenvalue weighted by atomic mass is 35.5. The molecule has 0 saturated carbocycles. The molecule has 2 rings (SSSR count). The smallest absolute Gasteiger partial charge is 0.122 e. The van der Waals surface area contributed by atoms with Gasteiger partial charge in [0.1, 0.15) is 11.5 Å². The van der Waals surface area contributed by atoms with Crippen molar-refractivity contribution in [3.05, 3.63) is 59.1 Å². The number of hydrogen-bond acceptors (Lipinski definition) is 3. The van der Waals surface area contributed by atoms with Gasteiger partial charge in [-0.15, -0.1) is 0 Å². The van der Waals surface area contributed by atoms with Crippen LogP contribution in [0.5, 0.6) is 11.5 Å². The molecule has 0 aliphatic rings. The molecule has 0 amide bonds. The van der Waals surface area contributed by atoms with Crippen LogP contribution in [-0.4, -0.2) is 20.3 Å². The van der Waals surface area contributed by atoms with E-state index in [1.807, 2.05) is 42.5 Å². The first-order valence-electron chi connectivity index (χ1n) is 6.96. The number of rotatable bonds is 7. The van der Waals surface area contributed by atoms with Gasteiger partial charge in [0.15, 0.2) is 0 Å². The van der Waals surface area contributed by atoms with Gasteiger partial charge in [0.05, 0.1) is 13.7 Å². The van der Waals surface area contributed by atoms with Crippen LogP contribution in [0, 0.1) is 0 Å². The molecular formula is C17H20ClNO2. The lowest BCUT2D eigenvalue weighted by atomic mass is 9.95. The molecule has 21 heavy (non-hydrogen) atoms. The number of hydrogen-bond donors (Lipinski definition) is 1. The standard InChI is InChI=1S/C17H20ClNO2/c1-20-17-8-3-2-7-16(17)13(12-19)9-10-21-15-6-4-5-14(18)11-15/h2-8,11,13H,9-10,12,19H2,1H3. The summed E-state index contributed by atoms with van der Waals surface area (Å²) in [7, 11) is 1.68. The Hall–Kier alpha value is -1.71. The van der Waals surface area contributed by atoms with Crippen LogP contribution < -0.4 is 15.2 Å². The Labute approximate surface area is 130 Å². The van der Waals surface area contributed by atoms with E-state index in [4.69, 9.17) is 26.8 Å². The van der Waals surface area contributed by atoms with Crippen LogP contribution in [0.25, 0.3) is 0 Å². The van der Waals surface area contributed by atoms with Crippen molar-refractivity contribution >= 4 is 11.6 Å². The van der Waals surface area contributed by atoms with E-state index in [9.17, 15) is 0 Å². The SMILES string of the molecule is COc1ccccc1C(CN)CCOc1cccc(Cl)c1. The molecule has 2 N–H and O–H groups in total. The Morgan fingerprint density at radius 3 is 2.67 bits per heavy atom. The number of methoxy groups -OCH3 is 1. The van der Waals surface area contributed by atoms with E-state index in [2.05, 4.69) is 6.07 Å². The summed E-state index contributed by atoms with van der Waals surface area (Å²) in [5.74, 6) is 1.86. The minimum absolute atomic E-state index is 0.209. The van der Waals surface area contributed by atoms with Crippen molar-refractivity contribution in [3.63, 3.8) is 0 Å². The quantitative estimate of drug-likeness (QED) is 0.845. The molecule has 0 fully saturated rings. The molecule has 0 spiro atoms. The molecule has 0 bridgehead atoms. The van der Waals surface area contributed by atoms with E-state index in [1.54, 1.807) is 7.11 Å². The highest BCUT2D eigenvalue weighted by Crippen LogP contribution is 2.28. The van der Waals surface area contributed by atoms with E-state index < -0.39 is 0 Å². The van der Waals surface area contributed by atoms with Crippen molar-refractivity contribution in [2.75, 3.05) is 20.3 Å². The van der Waals surface area contributed by atoms with Crippen LogP contribution in [0.4, 0.5) is 0 Å². The number of para-hydroxylation sites is 1. The third-order valence-electron chi connectivity index (χ3n) is 3.39. The van der Waals surface area contributed by atoms with Crippen molar-refractivity contribution in [1.29, 1.82) is 0 Å². The van der Waals surface area contributed by atoms with Gasteiger partial charge in [0.25, 0.3) is 0 Å². The van der Waals surface area contributed by atoms with Gasteiger partial charge in [-0.1, -0.05) is 35.9 Å². The third kappa shape index (κ3) is 4.38. The number of benzene rings is 2. The molecule has 4 heteroatoms. The Kier molecular flexibility index (Phi) is 5.90. The van der Waals surface area contributed by atoms with Crippen molar-refractivity contribution in [3.8, 4) is 11.5 Å². The van der Waals surface area contributed by atoms with E-state index in [-0.39, 0.29) is 5.92 Å². The first-order valence-corrected chi connectivity index (χ1v) is 7.33. The zero-order valence-electron chi connectivity index (χ0n) is 12.1. The summed E-state index contributed by atoms with van der Waals surface area (Å²) in [5.41, 5.74) is 7.02. The van der Waals surface area contributed by atoms with Gasteiger partial charge in [-0.3, -0.25) is 0 Å². The summed E-state index contributed by atoms with van der Waals surface area (Å²) in [4.78, 5) is 0. The molecule has 3 nitrogen and oxygen atoms in total. The molecule has 0 heterocycles. The summed E-state index contributed by atoms with van der Waals surface area (Å²) in [5, 5.41) is 0.674. The molecule has 1 unspecified atom stereocenters. The number of ether oxygens (including phenoxy) is 2. The van der Waals surface area contributed by atoms with Gasteiger partial charge < -0.3 is 15.2 Å². The maximum atomic E-state index is 5.93. The molecule has 1 atom stereocenters. The Bertz CT molecular complexity index is 574. The van der Waals surface area contributed by atoms with E-state index in [1.165, 1.54) is 0 Å². The lowest BCUT2D eigenvalue weighted by molar-refractivity contribution is 0.296. The maximum Gasteiger partial charge on any atom is 0.122 e. The van der Waals surface area contributed by atoms with Gasteiger partial charge in [-0.2, -0.15) is 0 Å². The molecule has 2 aromatic rings. The highest BCUT2D eigenvalue weighted by molar-refractivity contribution is 6.30. The van der Waals surface area contributed by atoms with E-state index in [0.29, 0.717) is 18.2 Å². The van der Waals surface area contributed by atoms with Crippen LogP contribution >= 0.6 is 11.6 Å². The normalized spacial score (nSPS) is 12.0. The lowest BCUT2D eigenvalue weighted by Crippen LogP contribution is -2.16. The molecule has 0 saturated heterocycles. The molecule has 0 radical (unpaired) electrons. The summed E-state index contributed by atoms with van der Waals surface area (Å²) < 4.78 is 11.1. The van der Waals surface area contributed by atoms with Crippen LogP contribution in [0.2, 0.25) is 5.02 Å². The Balaban J connectivity index is 1.96. The number of halogens is 1. The van der Waals surface area contributed by atoms with Crippen LogP contribution in [0.1, 0.15) is 17.9 Å². The van der Waals surface area contributed by atoms with Gasteiger partial charge >= 0.3 is 0 Å². The second-order valence-electron chi connectivity index (χ2n) is 4.77. The lowest BCUT2D eigenvalue weighted by Gasteiger charge is -2.18. The Morgan fingerprint density at radius 2 is 1.95 bits per heavy atom. The Morgan fingerprint density at radius 1 is 1.14 bits per heavy atom. The maximum absolute atomic E-state index is 5.93. The molecule has 0 aliphatic heterocycles. The van der Waals surface area contributed by atoms with Crippen LogP contribution in [0.3, 0.4) is 0 Å². The fourth-order valence-corrected chi connectivity index (χ4v) is 2.46. The molecular weight excluding hydrogens is 286 g/mol. The van der Waals surface area contributed by atoms with Gasteiger partial charge in [0.2, 0.25) is 0 Å². The summed E-state index contributed by atoms with van der Waals surface area (Å²) in [6.07, 6.45) is 0.823. The summed E-state index contributed by atoms with van der Waals surface area (Å²) in [6.45, 7) is 1.14. The molecule has 0 aliphatic carbocycles. The summed E-state index contributed by atoms with van der Waals surface area (Å²) >= 11 is 5.93. The zero-order valence-corrected chi connectivity index (χ0v) is 12.8. The first kappa shape index (κ1) is 15.7. The fraction of sp³-hybridized carbons (Fsp3) is 0.294. The predicted octanol–water partition coefficient (Wildman–Crippen LogP) is 3.86. The highest BCUT2D eigenvalue weighted by Gasteiger charge is 2.14. The van der Waals surface area contributed by atoms with Gasteiger partial charge in [-0.25, -0.2) is 0 Å². The first-order chi connectivity index (χ1) is 10.2. The summed E-state index contributed by atoms with van der Waals surface area (Å²) in [6, 6.07) is 15.4. The third-order valence-corrected chi connectivity index (χ3v) is 3.63. The van der Waals surface area contributed by atoms with Crippen molar-refractivity contribution < 1.29 is 9.47 Å². The van der Waals surface area contributed by atoms with Crippen LogP contribution in [-0.2, 0) is 0 Å². The van der Waals surface area contributed by atoms with Crippen molar-refractivity contribution in [2.24, 2.45) is 5.73 Å². The molecule has 0 aromatic heterocycles. The van der Waals surface area contributed by atoms with Gasteiger partial charge in [-0.05, 0) is 42.8 Å². The van der Waals surface area contributed by atoms with E-state index in [0.717, 1.165) is 23.5 Å². The van der Waals surface area contributed by atoms with Gasteiger partial charge in [0, 0.05) is 10.9 Å². The predicted molar refractivity (Wildman–Crippen MR) is 86.4 cm³/mol. The topological polar surface area (TPSA) is 44.5 Å². The zero-order chi connectivity index (χ0) is 15.1. The second kappa shape index (κ2) is 7.91. The largest absolute Gasteiger partial charge is 0.496 e. The van der Waals surface area contributed by atoms with E-state index >= 15 is 0 Å². The van der Waals surface area contributed by atoms with Crippen molar-refractivity contribution in [2.45, 2.75) is 12.3 Å². The minimum Gasteiger partial charge on any atom is -0.496 e. The molecule has 2 aromatic carbocycles. The van der Waals surface area contributed by atoms with Crippen LogP contribution in [0.15, 0.2) is 48.5 Å². The number of nitrogens with two attached hydrogens (primary N) is 1. The molecule has 112 valence electrons. The fourth-order valence-electron chi connectivity index (χ4n) is 2.28. The second-order valence-corrected chi connectivity index (χ2v) is 5.21. The monoisotopic (exact) mass is 305 g/mol. The minimum atomic E-state index is 0.209.